The first-order valence-corrected chi connectivity index (χ1v) is 18.3. The van der Waals surface area contributed by atoms with Crippen LogP contribution in [0.15, 0.2) is 72.8 Å². The van der Waals surface area contributed by atoms with Crippen molar-refractivity contribution in [3.05, 3.63) is 82.8 Å². The van der Waals surface area contributed by atoms with Crippen molar-refractivity contribution in [3.63, 3.8) is 0 Å². The van der Waals surface area contributed by atoms with Crippen LogP contribution in [0.3, 0.4) is 0 Å². The van der Waals surface area contributed by atoms with Crippen LogP contribution in [0.2, 0.25) is 10.0 Å². The summed E-state index contributed by atoms with van der Waals surface area (Å²) in [6, 6.07) is 23.7. The van der Waals surface area contributed by atoms with Crippen LogP contribution in [0.4, 0.5) is 22.7 Å². The molecule has 8 rings (SSSR count). The highest BCUT2D eigenvalue weighted by Gasteiger charge is 2.34. The van der Waals surface area contributed by atoms with Crippen molar-refractivity contribution in [2.45, 2.75) is 37.8 Å². The highest BCUT2D eigenvalue weighted by Crippen LogP contribution is 2.45. The van der Waals surface area contributed by atoms with E-state index in [0.717, 1.165) is 56.1 Å². The Labute approximate surface area is 312 Å². The van der Waals surface area contributed by atoms with Crippen molar-refractivity contribution in [2.75, 3.05) is 59.9 Å². The van der Waals surface area contributed by atoms with Gasteiger partial charge in [0.2, 0.25) is 23.6 Å². The Morgan fingerprint density at radius 3 is 1.37 bits per heavy atom. The van der Waals surface area contributed by atoms with E-state index in [1.807, 2.05) is 84.6 Å². The summed E-state index contributed by atoms with van der Waals surface area (Å²) in [7, 11) is 3.81. The number of halogens is 2. The molecule has 10 nitrogen and oxygen atoms in total. The lowest BCUT2D eigenvalue weighted by Crippen LogP contribution is -2.49. The van der Waals surface area contributed by atoms with Gasteiger partial charge in [0.15, 0.2) is 0 Å². The summed E-state index contributed by atoms with van der Waals surface area (Å²) in [6.07, 6.45) is 2.39. The van der Waals surface area contributed by atoms with Crippen molar-refractivity contribution < 1.29 is 19.2 Å². The third-order valence-electron chi connectivity index (χ3n) is 10.6. The minimum Gasteiger partial charge on any atom is -0.364 e. The number of anilines is 4. The maximum absolute atomic E-state index is 13.1. The number of nitrogens with one attached hydrogen (secondary N) is 2. The summed E-state index contributed by atoms with van der Waals surface area (Å²) >= 11 is 14.4. The molecular formula is C40H38Cl2N6O4. The maximum Gasteiger partial charge on any atom is 0.246 e. The molecule has 4 aliphatic heterocycles. The number of hydrogen-bond donors (Lipinski definition) is 2. The number of carbonyl (C=O) groups excluding carboxylic acids is 4. The Morgan fingerprint density at radius 2 is 0.981 bits per heavy atom. The molecule has 4 aromatic rings. The quantitative estimate of drug-likeness (QED) is 0.237. The number of nitrogens with zero attached hydrogens (tertiary/aromatic N) is 4. The van der Waals surface area contributed by atoms with E-state index in [1.54, 1.807) is 9.80 Å². The van der Waals surface area contributed by atoms with E-state index < -0.39 is 0 Å². The van der Waals surface area contributed by atoms with Gasteiger partial charge in [-0.1, -0.05) is 71.7 Å². The van der Waals surface area contributed by atoms with Crippen LogP contribution in [-0.4, -0.2) is 76.0 Å². The van der Waals surface area contributed by atoms with E-state index in [4.69, 9.17) is 23.2 Å². The second-order valence-electron chi connectivity index (χ2n) is 14.1. The van der Waals surface area contributed by atoms with Crippen molar-refractivity contribution >= 4 is 69.6 Å². The Hall–Kier alpha value is -5.06. The number of carbonyl (C=O) groups is 4. The number of likely N-dealkylation sites (N-methyl/N-ethyl adjacent to an activating group) is 2. The largest absolute Gasteiger partial charge is 0.364 e. The van der Waals surface area contributed by atoms with Crippen LogP contribution < -0.4 is 30.2 Å². The van der Waals surface area contributed by atoms with Crippen molar-refractivity contribution in [1.29, 1.82) is 0 Å². The second-order valence-corrected chi connectivity index (χ2v) is 14.8. The molecule has 4 aliphatic rings. The van der Waals surface area contributed by atoms with E-state index in [-0.39, 0.29) is 48.8 Å². The van der Waals surface area contributed by atoms with Gasteiger partial charge in [0.1, 0.15) is 0 Å². The van der Waals surface area contributed by atoms with E-state index in [1.165, 1.54) is 0 Å². The molecule has 0 aliphatic carbocycles. The smallest absolute Gasteiger partial charge is 0.246 e. The van der Waals surface area contributed by atoms with Gasteiger partial charge < -0.3 is 30.2 Å². The summed E-state index contributed by atoms with van der Waals surface area (Å²) in [5.41, 5.74) is 8.49. The zero-order valence-corrected chi connectivity index (χ0v) is 30.4. The average Bonchev–Trinajstić information content (AvgIpc) is 3.75. The molecule has 2 fully saturated rings. The fourth-order valence-corrected chi connectivity index (χ4v) is 8.53. The van der Waals surface area contributed by atoms with Crippen LogP contribution in [0.1, 0.15) is 25.7 Å². The third-order valence-corrected chi connectivity index (χ3v) is 11.4. The normalized spacial score (nSPS) is 19.9. The van der Waals surface area contributed by atoms with Crippen molar-refractivity contribution in [2.24, 2.45) is 0 Å². The summed E-state index contributed by atoms with van der Waals surface area (Å²) in [4.78, 5) is 57.3. The van der Waals surface area contributed by atoms with Crippen LogP contribution in [0.25, 0.3) is 33.4 Å². The number of hydrogen-bond acceptors (Lipinski definition) is 6. The predicted molar refractivity (Wildman–Crippen MR) is 206 cm³/mol. The van der Waals surface area contributed by atoms with Gasteiger partial charge >= 0.3 is 0 Å². The van der Waals surface area contributed by atoms with Gasteiger partial charge in [-0.2, -0.15) is 0 Å². The van der Waals surface area contributed by atoms with E-state index in [2.05, 4.69) is 22.8 Å². The van der Waals surface area contributed by atoms with Gasteiger partial charge in [-0.25, -0.2) is 0 Å². The molecule has 0 radical (unpaired) electrons. The first kappa shape index (κ1) is 34.0. The van der Waals surface area contributed by atoms with E-state index in [0.29, 0.717) is 48.8 Å². The Morgan fingerprint density at radius 1 is 0.577 bits per heavy atom. The first-order valence-electron chi connectivity index (χ1n) is 17.5. The highest BCUT2D eigenvalue weighted by atomic mass is 35.5. The Balaban J connectivity index is 1.10. The standard InChI is InChI=1S/C40H38Cl2N6O4/c1-45-21-37(51)47(19-25-11-15-35(49)43-25)31-13-9-23(17-33(31)45)27-5-3-7-29(39(27)41)30-8-4-6-28(40(30)42)24-10-14-32-34(18-24)46(2)22-38(52)48(32)20-26-12-16-36(50)44-26/h3-10,13-14,17-18,25-26H,11-12,15-16,19-22H2,1-2H3,(H,43,49)(H,44,50)/t25-,26-/m0/s1. The molecule has 4 heterocycles. The number of fused-ring (bicyclic) bond motifs is 2. The van der Waals surface area contributed by atoms with E-state index >= 15 is 0 Å². The molecule has 52 heavy (non-hydrogen) atoms. The predicted octanol–water partition coefficient (Wildman–Crippen LogP) is 6.12. The third kappa shape index (κ3) is 6.13. The fraction of sp³-hybridized carbons (Fsp3) is 0.300. The van der Waals surface area contributed by atoms with Crippen LogP contribution in [0, 0.1) is 0 Å². The Bertz CT molecular complexity index is 2010. The molecule has 0 saturated carbocycles. The molecule has 2 atom stereocenters. The van der Waals surface area contributed by atoms with Gasteiger partial charge in [0.05, 0.1) is 45.9 Å². The van der Waals surface area contributed by atoms with Gasteiger partial charge in [0.25, 0.3) is 0 Å². The van der Waals surface area contributed by atoms with Crippen LogP contribution >= 0.6 is 23.2 Å². The maximum atomic E-state index is 13.1. The zero-order valence-electron chi connectivity index (χ0n) is 28.9. The molecule has 266 valence electrons. The zero-order chi connectivity index (χ0) is 36.3. The molecule has 2 N–H and O–H groups in total. The van der Waals surface area contributed by atoms with E-state index in [9.17, 15) is 19.2 Å². The fourth-order valence-electron chi connectivity index (χ4n) is 7.86. The minimum absolute atomic E-state index is 0.00564. The van der Waals surface area contributed by atoms with Gasteiger partial charge in [0, 0.05) is 74.4 Å². The molecular weight excluding hydrogens is 699 g/mol. The molecule has 0 unspecified atom stereocenters. The average molecular weight is 738 g/mol. The summed E-state index contributed by atoms with van der Waals surface area (Å²) < 4.78 is 0. The van der Waals surface area contributed by atoms with Crippen LogP contribution in [-0.2, 0) is 19.2 Å². The lowest BCUT2D eigenvalue weighted by Gasteiger charge is -2.37. The number of rotatable bonds is 7. The molecule has 0 aromatic heterocycles. The summed E-state index contributed by atoms with van der Waals surface area (Å²) in [5.74, 6) is 0.0347. The van der Waals surface area contributed by atoms with Gasteiger partial charge in [-0.05, 0) is 48.2 Å². The second kappa shape index (κ2) is 13.5. The topological polar surface area (TPSA) is 105 Å². The molecule has 0 spiro atoms. The summed E-state index contributed by atoms with van der Waals surface area (Å²) in [5, 5.41) is 7.07. The number of benzene rings is 4. The van der Waals surface area contributed by atoms with Crippen LogP contribution in [0.5, 0.6) is 0 Å². The molecule has 4 aromatic carbocycles. The molecule has 12 heteroatoms. The minimum atomic E-state index is -0.0627. The summed E-state index contributed by atoms with van der Waals surface area (Å²) in [6.45, 7) is 1.34. The lowest BCUT2D eigenvalue weighted by molar-refractivity contribution is -0.120. The lowest BCUT2D eigenvalue weighted by atomic mass is 9.94. The molecule has 2 saturated heterocycles. The van der Waals surface area contributed by atoms with Crippen molar-refractivity contribution in [3.8, 4) is 33.4 Å². The first-order chi connectivity index (χ1) is 25.0. The Kier molecular flexibility index (Phi) is 8.83. The van der Waals surface area contributed by atoms with Gasteiger partial charge in [-0.3, -0.25) is 19.2 Å². The SMILES string of the molecule is CN1CC(=O)N(C[C@@H]2CCC(=O)N2)c2ccc(-c3cccc(-c4cccc(-c5ccc6c(c5)N(C)CC(=O)N6C[C@@H]5CCC(=O)N5)c4Cl)c3Cl)cc21. The van der Waals surface area contributed by atoms with Crippen molar-refractivity contribution in [1.82, 2.24) is 10.6 Å². The molecule has 0 bridgehead atoms. The number of amides is 4. The molecule has 4 amide bonds. The monoisotopic (exact) mass is 736 g/mol. The van der Waals surface area contributed by atoms with Gasteiger partial charge in [-0.15, -0.1) is 0 Å². The highest BCUT2D eigenvalue weighted by molar-refractivity contribution is 6.39.